The summed E-state index contributed by atoms with van der Waals surface area (Å²) in [6, 6.07) is 6.09. The average Bonchev–Trinajstić information content (AvgIpc) is 2.65. The van der Waals surface area contributed by atoms with Crippen LogP contribution < -0.4 is 15.0 Å². The maximum atomic E-state index is 12.1. The summed E-state index contributed by atoms with van der Waals surface area (Å²) < 4.78 is 5.73. The topological polar surface area (TPSA) is 44.8 Å². The van der Waals surface area contributed by atoms with Crippen molar-refractivity contribution in [2.45, 2.75) is 19.9 Å². The van der Waals surface area contributed by atoms with Gasteiger partial charge in [0, 0.05) is 31.9 Å². The molecular formula is C15H23N3O2. The van der Waals surface area contributed by atoms with E-state index in [9.17, 15) is 4.79 Å². The molecule has 1 aromatic carbocycles. The summed E-state index contributed by atoms with van der Waals surface area (Å²) in [6.45, 7) is 4.49. The molecule has 0 radical (unpaired) electrons. The van der Waals surface area contributed by atoms with E-state index in [1.807, 2.05) is 38.1 Å². The number of ether oxygens (including phenoxy) is 1. The molecule has 0 bridgehead atoms. The van der Waals surface area contributed by atoms with E-state index < -0.39 is 0 Å². The van der Waals surface area contributed by atoms with Crippen LogP contribution in [0.5, 0.6) is 5.75 Å². The fourth-order valence-corrected chi connectivity index (χ4v) is 2.18. The molecule has 1 aliphatic heterocycles. The number of nitrogens with zero attached hydrogens (tertiary/aromatic N) is 2. The third-order valence-electron chi connectivity index (χ3n) is 3.35. The Hall–Kier alpha value is -1.91. The first-order valence-electron chi connectivity index (χ1n) is 7.07. The van der Waals surface area contributed by atoms with Crippen LogP contribution in [-0.2, 0) is 6.54 Å². The van der Waals surface area contributed by atoms with Gasteiger partial charge in [-0.3, -0.25) is 0 Å². The second-order valence-corrected chi connectivity index (χ2v) is 5.19. The second kappa shape index (κ2) is 6.50. The van der Waals surface area contributed by atoms with Crippen molar-refractivity contribution in [3.05, 3.63) is 23.8 Å². The van der Waals surface area contributed by atoms with Crippen LogP contribution in [-0.4, -0.2) is 44.7 Å². The van der Waals surface area contributed by atoms with E-state index in [4.69, 9.17) is 4.74 Å². The van der Waals surface area contributed by atoms with Gasteiger partial charge in [-0.25, -0.2) is 4.79 Å². The van der Waals surface area contributed by atoms with Crippen LogP contribution in [0.4, 0.5) is 10.5 Å². The van der Waals surface area contributed by atoms with Gasteiger partial charge < -0.3 is 19.9 Å². The van der Waals surface area contributed by atoms with E-state index in [2.05, 4.69) is 11.4 Å². The van der Waals surface area contributed by atoms with E-state index in [1.54, 1.807) is 4.90 Å². The lowest BCUT2D eigenvalue weighted by atomic mass is 10.1. The number of rotatable bonds is 3. The van der Waals surface area contributed by atoms with Crippen LogP contribution in [0.25, 0.3) is 0 Å². The molecule has 1 heterocycles. The summed E-state index contributed by atoms with van der Waals surface area (Å²) in [5, 5.41) is 2.92. The van der Waals surface area contributed by atoms with Crippen LogP contribution in [0, 0.1) is 0 Å². The molecule has 0 unspecified atom stereocenters. The number of hydrogen-bond donors (Lipinski definition) is 1. The largest absolute Gasteiger partial charge is 0.491 e. The van der Waals surface area contributed by atoms with E-state index in [0.717, 1.165) is 23.4 Å². The number of carbonyl (C=O) groups excluding carboxylic acids is 1. The van der Waals surface area contributed by atoms with Crippen LogP contribution in [0.3, 0.4) is 0 Å². The number of amides is 2. The minimum absolute atomic E-state index is 0.0152. The van der Waals surface area contributed by atoms with Crippen molar-refractivity contribution >= 4 is 11.7 Å². The molecule has 1 N–H and O–H groups in total. The summed E-state index contributed by atoms with van der Waals surface area (Å²) in [5.74, 6) is 0.876. The van der Waals surface area contributed by atoms with Gasteiger partial charge in [0.15, 0.2) is 0 Å². The predicted molar refractivity (Wildman–Crippen MR) is 80.4 cm³/mol. The molecule has 2 rings (SSSR count). The smallest absolute Gasteiger partial charge is 0.317 e. The van der Waals surface area contributed by atoms with Crippen molar-refractivity contribution in [3.8, 4) is 5.75 Å². The molecule has 2 amide bonds. The molecular weight excluding hydrogens is 254 g/mol. The summed E-state index contributed by atoms with van der Waals surface area (Å²) >= 11 is 0. The van der Waals surface area contributed by atoms with Gasteiger partial charge in [-0.15, -0.1) is 0 Å². The highest BCUT2D eigenvalue weighted by molar-refractivity contribution is 5.74. The lowest BCUT2D eigenvalue weighted by Gasteiger charge is -2.21. The van der Waals surface area contributed by atoms with Crippen LogP contribution in [0.2, 0.25) is 0 Å². The predicted octanol–water partition coefficient (Wildman–Crippen LogP) is 2.07. The number of fused-ring (bicyclic) bond motifs is 1. The van der Waals surface area contributed by atoms with Gasteiger partial charge in [0.05, 0.1) is 13.1 Å². The Balaban J connectivity index is 2.15. The third kappa shape index (κ3) is 3.35. The van der Waals surface area contributed by atoms with Gasteiger partial charge in [0.2, 0.25) is 0 Å². The molecule has 0 aliphatic carbocycles. The van der Waals surface area contributed by atoms with E-state index in [1.165, 1.54) is 0 Å². The first-order chi connectivity index (χ1) is 9.61. The van der Waals surface area contributed by atoms with Crippen LogP contribution in [0.1, 0.15) is 18.9 Å². The molecule has 1 aliphatic rings. The van der Waals surface area contributed by atoms with E-state index >= 15 is 0 Å². The molecule has 20 heavy (non-hydrogen) atoms. The zero-order chi connectivity index (χ0) is 14.5. The molecule has 5 heteroatoms. The number of urea groups is 1. The number of nitrogens with one attached hydrogen (secondary N) is 1. The number of benzene rings is 1. The highest BCUT2D eigenvalue weighted by Crippen LogP contribution is 2.27. The third-order valence-corrected chi connectivity index (χ3v) is 3.35. The highest BCUT2D eigenvalue weighted by atomic mass is 16.5. The zero-order valence-corrected chi connectivity index (χ0v) is 12.5. The molecule has 0 spiro atoms. The molecule has 0 saturated heterocycles. The van der Waals surface area contributed by atoms with Crippen molar-refractivity contribution in [1.29, 1.82) is 0 Å². The first kappa shape index (κ1) is 14.5. The number of anilines is 1. The minimum atomic E-state index is -0.0152. The fraction of sp³-hybridized carbons (Fsp3) is 0.533. The minimum Gasteiger partial charge on any atom is -0.491 e. The van der Waals surface area contributed by atoms with Gasteiger partial charge in [0.1, 0.15) is 12.4 Å². The lowest BCUT2D eigenvalue weighted by Crippen LogP contribution is -2.40. The molecule has 1 aromatic rings. The average molecular weight is 277 g/mol. The Labute approximate surface area is 120 Å². The van der Waals surface area contributed by atoms with Crippen molar-refractivity contribution in [2.75, 3.05) is 38.7 Å². The Kier molecular flexibility index (Phi) is 4.71. The summed E-state index contributed by atoms with van der Waals surface area (Å²) in [6.07, 6.45) is 0.942. The second-order valence-electron chi connectivity index (χ2n) is 5.19. The van der Waals surface area contributed by atoms with Crippen molar-refractivity contribution < 1.29 is 9.53 Å². The Morgan fingerprint density at radius 3 is 2.95 bits per heavy atom. The van der Waals surface area contributed by atoms with Crippen LogP contribution in [0.15, 0.2) is 18.2 Å². The molecule has 110 valence electrons. The van der Waals surface area contributed by atoms with Gasteiger partial charge >= 0.3 is 6.03 Å². The van der Waals surface area contributed by atoms with Gasteiger partial charge in [-0.05, 0) is 24.6 Å². The Morgan fingerprint density at radius 1 is 1.45 bits per heavy atom. The SMILES string of the molecule is CCCNC(=O)N1CCOc2ccc(N(C)C)cc2C1. The molecule has 0 saturated carbocycles. The number of carbonyl (C=O) groups is 1. The van der Waals surface area contributed by atoms with Crippen LogP contribution >= 0.6 is 0 Å². The standard InChI is InChI=1S/C15H23N3O2/c1-4-7-16-15(19)18-8-9-20-14-6-5-13(17(2)3)10-12(14)11-18/h5-6,10H,4,7-9,11H2,1-3H3,(H,16,19). The van der Waals surface area contributed by atoms with E-state index in [-0.39, 0.29) is 6.03 Å². The molecule has 0 aromatic heterocycles. The molecule has 5 nitrogen and oxygen atoms in total. The maximum absolute atomic E-state index is 12.1. The fourth-order valence-electron chi connectivity index (χ4n) is 2.18. The van der Waals surface area contributed by atoms with Gasteiger partial charge in [-0.2, -0.15) is 0 Å². The van der Waals surface area contributed by atoms with Crippen molar-refractivity contribution in [1.82, 2.24) is 10.2 Å². The monoisotopic (exact) mass is 277 g/mol. The maximum Gasteiger partial charge on any atom is 0.317 e. The normalized spacial score (nSPS) is 14.1. The van der Waals surface area contributed by atoms with Gasteiger partial charge in [-0.1, -0.05) is 6.92 Å². The quantitative estimate of drug-likeness (QED) is 0.920. The molecule has 0 atom stereocenters. The zero-order valence-electron chi connectivity index (χ0n) is 12.5. The van der Waals surface area contributed by atoms with Crippen molar-refractivity contribution in [2.24, 2.45) is 0 Å². The highest BCUT2D eigenvalue weighted by Gasteiger charge is 2.19. The Morgan fingerprint density at radius 2 is 2.25 bits per heavy atom. The summed E-state index contributed by atoms with van der Waals surface area (Å²) in [4.78, 5) is 15.9. The van der Waals surface area contributed by atoms with Crippen molar-refractivity contribution in [3.63, 3.8) is 0 Å². The molecule has 0 fully saturated rings. The van der Waals surface area contributed by atoms with E-state index in [0.29, 0.717) is 26.2 Å². The Bertz CT molecular complexity index is 474. The first-order valence-corrected chi connectivity index (χ1v) is 7.07. The lowest BCUT2D eigenvalue weighted by molar-refractivity contribution is 0.188. The summed E-state index contributed by atoms with van der Waals surface area (Å²) in [7, 11) is 4.01. The summed E-state index contributed by atoms with van der Waals surface area (Å²) in [5.41, 5.74) is 2.17. The van der Waals surface area contributed by atoms with Gasteiger partial charge in [0.25, 0.3) is 0 Å². The number of hydrogen-bond acceptors (Lipinski definition) is 3.